The molecule has 1 unspecified atom stereocenters. The van der Waals surface area contributed by atoms with Crippen molar-refractivity contribution in [2.24, 2.45) is 0 Å². The number of carbonyl (C=O) groups excluding carboxylic acids is 1. The maximum atomic E-state index is 12.0. The van der Waals surface area contributed by atoms with Crippen LogP contribution in [-0.2, 0) is 0 Å². The molecule has 0 saturated heterocycles. The molecule has 110 valence electrons. The molecule has 0 spiro atoms. The first kappa shape index (κ1) is 16.6. The number of carbonyl (C=O) groups is 1. The molecule has 0 aliphatic heterocycles. The van der Waals surface area contributed by atoms with Crippen molar-refractivity contribution in [3.63, 3.8) is 0 Å². The van der Waals surface area contributed by atoms with E-state index in [0.717, 1.165) is 6.42 Å². The molecule has 0 aromatic heterocycles. The number of thiocarbonyl (C=S) groups is 1. The first-order valence-electron chi connectivity index (χ1n) is 6.80. The molecule has 0 aliphatic carbocycles. The van der Waals surface area contributed by atoms with Crippen molar-refractivity contribution in [1.29, 1.82) is 0 Å². The lowest BCUT2D eigenvalue weighted by atomic mass is 10.0. The molecular formula is C15H22N2O2S. The van der Waals surface area contributed by atoms with Crippen LogP contribution in [0.25, 0.3) is 0 Å². The lowest BCUT2D eigenvalue weighted by Crippen LogP contribution is -2.45. The fourth-order valence-corrected chi connectivity index (χ4v) is 1.95. The summed E-state index contributed by atoms with van der Waals surface area (Å²) < 4.78 is 0. The van der Waals surface area contributed by atoms with Gasteiger partial charge >= 0.3 is 0 Å². The Morgan fingerprint density at radius 3 is 2.35 bits per heavy atom. The molecular weight excluding hydrogens is 272 g/mol. The van der Waals surface area contributed by atoms with Crippen LogP contribution in [0.15, 0.2) is 24.3 Å². The molecule has 1 aromatic rings. The van der Waals surface area contributed by atoms with Crippen LogP contribution in [0.2, 0.25) is 0 Å². The summed E-state index contributed by atoms with van der Waals surface area (Å²) in [5.74, 6) is 0.190. The molecule has 4 nitrogen and oxygen atoms in total. The number of rotatable bonds is 5. The third kappa shape index (κ3) is 4.90. The number of benzene rings is 1. The number of aliphatic hydroxyl groups is 1. The van der Waals surface area contributed by atoms with E-state index in [2.05, 4.69) is 24.5 Å². The topological polar surface area (TPSA) is 61.4 Å². The van der Waals surface area contributed by atoms with E-state index in [9.17, 15) is 4.79 Å². The first-order valence-corrected chi connectivity index (χ1v) is 7.21. The van der Waals surface area contributed by atoms with E-state index in [4.69, 9.17) is 17.3 Å². The monoisotopic (exact) mass is 294 g/mol. The lowest BCUT2D eigenvalue weighted by Gasteiger charge is -2.16. The normalized spacial score (nSPS) is 12.1. The van der Waals surface area contributed by atoms with Crippen molar-refractivity contribution in [2.45, 2.75) is 39.2 Å². The highest BCUT2D eigenvalue weighted by Gasteiger charge is 2.11. The molecule has 0 fully saturated rings. The van der Waals surface area contributed by atoms with Crippen LogP contribution in [0.1, 0.15) is 49.0 Å². The predicted molar refractivity (Wildman–Crippen MR) is 84.9 cm³/mol. The summed E-state index contributed by atoms with van der Waals surface area (Å²) in [4.78, 5) is 12.0. The van der Waals surface area contributed by atoms with Crippen LogP contribution in [-0.4, -0.2) is 28.8 Å². The number of amides is 1. The van der Waals surface area contributed by atoms with Gasteiger partial charge in [-0.2, -0.15) is 0 Å². The van der Waals surface area contributed by atoms with Crippen LogP contribution in [0.5, 0.6) is 0 Å². The van der Waals surface area contributed by atoms with Gasteiger partial charge in [0.1, 0.15) is 0 Å². The van der Waals surface area contributed by atoms with Crippen LogP contribution in [0.4, 0.5) is 0 Å². The number of nitrogens with one attached hydrogen (secondary N) is 2. The highest BCUT2D eigenvalue weighted by atomic mass is 32.1. The highest BCUT2D eigenvalue weighted by molar-refractivity contribution is 7.80. The highest BCUT2D eigenvalue weighted by Crippen LogP contribution is 2.14. The fourth-order valence-electron chi connectivity index (χ4n) is 1.69. The minimum atomic E-state index is -0.245. The zero-order valence-electron chi connectivity index (χ0n) is 12.1. The summed E-state index contributed by atoms with van der Waals surface area (Å²) in [6.07, 6.45) is 0.732. The fraction of sp³-hybridized carbons (Fsp3) is 0.467. The Morgan fingerprint density at radius 2 is 1.90 bits per heavy atom. The Morgan fingerprint density at radius 1 is 1.30 bits per heavy atom. The summed E-state index contributed by atoms with van der Waals surface area (Å²) in [5, 5.41) is 14.8. The molecule has 3 N–H and O–H groups in total. The van der Waals surface area contributed by atoms with E-state index in [1.165, 1.54) is 5.56 Å². The third-order valence-electron chi connectivity index (χ3n) is 3.12. The van der Waals surface area contributed by atoms with Gasteiger partial charge in [-0.1, -0.05) is 32.9 Å². The van der Waals surface area contributed by atoms with Crippen LogP contribution >= 0.6 is 12.2 Å². The molecule has 20 heavy (non-hydrogen) atoms. The number of aliphatic hydroxyl groups excluding tert-OH is 1. The molecule has 1 rings (SSSR count). The van der Waals surface area contributed by atoms with Gasteiger partial charge in [0.2, 0.25) is 0 Å². The Hall–Kier alpha value is -1.46. The Balaban J connectivity index is 2.60. The van der Waals surface area contributed by atoms with Crippen molar-refractivity contribution in [1.82, 2.24) is 10.6 Å². The minimum Gasteiger partial charge on any atom is -0.394 e. The molecule has 0 heterocycles. The molecule has 0 aliphatic rings. The van der Waals surface area contributed by atoms with Gasteiger partial charge in [0, 0.05) is 5.56 Å². The van der Waals surface area contributed by atoms with E-state index < -0.39 is 0 Å². The van der Waals surface area contributed by atoms with Gasteiger partial charge in [-0.25, -0.2) is 0 Å². The van der Waals surface area contributed by atoms with E-state index in [-0.39, 0.29) is 23.7 Å². The second-order valence-corrected chi connectivity index (χ2v) is 5.40. The Labute approximate surface area is 125 Å². The third-order valence-corrected chi connectivity index (χ3v) is 3.33. The van der Waals surface area contributed by atoms with Gasteiger partial charge in [-0.3, -0.25) is 10.1 Å². The molecule has 0 saturated carbocycles. The summed E-state index contributed by atoms with van der Waals surface area (Å²) in [6, 6.07) is 7.33. The number of hydrogen-bond acceptors (Lipinski definition) is 3. The quantitative estimate of drug-likeness (QED) is 0.729. The molecule has 5 heteroatoms. The first-order chi connectivity index (χ1) is 9.47. The standard InChI is InChI=1S/C15H22N2O2S/c1-4-13(9-18)16-15(20)17-14(19)12-7-5-11(6-8-12)10(2)3/h5-8,10,13,18H,4,9H2,1-3H3,(H2,16,17,19,20). The maximum absolute atomic E-state index is 12.0. The number of hydrogen-bond donors (Lipinski definition) is 3. The van der Waals surface area contributed by atoms with Gasteiger partial charge in [-0.15, -0.1) is 0 Å². The average Bonchev–Trinajstić information content (AvgIpc) is 2.44. The van der Waals surface area contributed by atoms with Crippen LogP contribution < -0.4 is 10.6 Å². The van der Waals surface area contributed by atoms with Crippen molar-refractivity contribution >= 4 is 23.2 Å². The maximum Gasteiger partial charge on any atom is 0.257 e. The van der Waals surface area contributed by atoms with Crippen molar-refractivity contribution in [3.8, 4) is 0 Å². The zero-order chi connectivity index (χ0) is 15.1. The van der Waals surface area contributed by atoms with E-state index in [0.29, 0.717) is 11.5 Å². The van der Waals surface area contributed by atoms with Crippen molar-refractivity contribution < 1.29 is 9.90 Å². The largest absolute Gasteiger partial charge is 0.394 e. The summed E-state index contributed by atoms with van der Waals surface area (Å²) in [7, 11) is 0. The smallest absolute Gasteiger partial charge is 0.257 e. The predicted octanol–water partition coefficient (Wildman–Crippen LogP) is 2.19. The summed E-state index contributed by atoms with van der Waals surface area (Å²) >= 11 is 5.05. The zero-order valence-corrected chi connectivity index (χ0v) is 13.0. The lowest BCUT2D eigenvalue weighted by molar-refractivity contribution is 0.0976. The van der Waals surface area contributed by atoms with E-state index >= 15 is 0 Å². The molecule has 1 aromatic carbocycles. The summed E-state index contributed by atoms with van der Waals surface area (Å²) in [6.45, 7) is 6.13. The van der Waals surface area contributed by atoms with Crippen LogP contribution in [0, 0.1) is 0 Å². The van der Waals surface area contributed by atoms with E-state index in [1.807, 2.05) is 19.1 Å². The van der Waals surface area contributed by atoms with Gasteiger partial charge in [0.15, 0.2) is 5.11 Å². The SMILES string of the molecule is CCC(CO)NC(=S)NC(=O)c1ccc(C(C)C)cc1. The molecule has 1 atom stereocenters. The molecule has 1 amide bonds. The molecule has 0 bridgehead atoms. The molecule has 0 radical (unpaired) electrons. The minimum absolute atomic E-state index is 0.0183. The van der Waals surface area contributed by atoms with Gasteiger partial charge in [0.25, 0.3) is 5.91 Å². The van der Waals surface area contributed by atoms with Crippen LogP contribution in [0.3, 0.4) is 0 Å². The van der Waals surface area contributed by atoms with Gasteiger partial charge < -0.3 is 10.4 Å². The second kappa shape index (κ2) is 7.97. The second-order valence-electron chi connectivity index (χ2n) is 4.99. The van der Waals surface area contributed by atoms with E-state index in [1.54, 1.807) is 12.1 Å². The summed E-state index contributed by atoms with van der Waals surface area (Å²) in [5.41, 5.74) is 1.75. The van der Waals surface area contributed by atoms with Gasteiger partial charge in [-0.05, 0) is 42.3 Å². The van der Waals surface area contributed by atoms with Crippen molar-refractivity contribution in [2.75, 3.05) is 6.61 Å². The Bertz CT molecular complexity index is 453. The van der Waals surface area contributed by atoms with Crippen molar-refractivity contribution in [3.05, 3.63) is 35.4 Å². The Kier molecular flexibility index (Phi) is 6.61. The van der Waals surface area contributed by atoms with Gasteiger partial charge in [0.05, 0.1) is 12.6 Å². The average molecular weight is 294 g/mol.